The number of hydrogen-bond donors (Lipinski definition) is 1. The third kappa shape index (κ3) is 7.15. The third-order valence-corrected chi connectivity index (χ3v) is 4.47. The molecule has 0 saturated carbocycles. The molecule has 0 spiro atoms. The van der Waals surface area contributed by atoms with Gasteiger partial charge in [-0.15, -0.1) is 0 Å². The van der Waals surface area contributed by atoms with E-state index in [2.05, 4.69) is 10.2 Å². The first-order valence-electron chi connectivity index (χ1n) is 10.2. The number of rotatable bonds is 6. The van der Waals surface area contributed by atoms with Gasteiger partial charge in [-0.25, -0.2) is 9.59 Å². The van der Waals surface area contributed by atoms with E-state index in [1.165, 1.54) is 0 Å². The quantitative estimate of drug-likeness (QED) is 0.722. The topological polar surface area (TPSA) is 77.1 Å². The SMILES string of the molecule is CCOC(=O)C(C)(C)Oc1cccc(N2CCC[C@@H](NC(=O)OC(C)(C)C)C2)c1. The van der Waals surface area contributed by atoms with Crippen LogP contribution in [0.4, 0.5) is 10.5 Å². The van der Waals surface area contributed by atoms with Gasteiger partial charge >= 0.3 is 12.1 Å². The second kappa shape index (κ2) is 9.37. The fourth-order valence-electron chi connectivity index (χ4n) is 3.19. The number of amides is 1. The summed E-state index contributed by atoms with van der Waals surface area (Å²) in [5, 5.41) is 2.96. The molecule has 0 radical (unpaired) electrons. The molecule has 1 amide bonds. The minimum atomic E-state index is -1.07. The first-order chi connectivity index (χ1) is 13.5. The number of anilines is 1. The molecule has 0 aromatic heterocycles. The highest BCUT2D eigenvalue weighted by Gasteiger charge is 2.32. The standard InChI is InChI=1S/C22H34N2O5/c1-7-27-19(25)22(5,6)28-18-12-8-11-17(14-18)24-13-9-10-16(15-24)23-20(26)29-21(2,3)4/h8,11-12,14,16H,7,9-10,13,15H2,1-6H3,(H,23,26)/t16-/m1/s1. The van der Waals surface area contributed by atoms with Crippen LogP contribution in [0.1, 0.15) is 54.4 Å². The minimum Gasteiger partial charge on any atom is -0.476 e. The summed E-state index contributed by atoms with van der Waals surface area (Å²) in [5.41, 5.74) is -0.606. The van der Waals surface area contributed by atoms with Crippen LogP contribution < -0.4 is 15.0 Å². The van der Waals surface area contributed by atoms with E-state index in [0.29, 0.717) is 18.9 Å². The number of esters is 1. The van der Waals surface area contributed by atoms with Gasteiger partial charge in [-0.05, 0) is 66.5 Å². The highest BCUT2D eigenvalue weighted by molar-refractivity contribution is 5.79. The summed E-state index contributed by atoms with van der Waals surface area (Å²) in [6.07, 6.45) is 1.47. The number of nitrogens with one attached hydrogen (secondary N) is 1. The number of benzene rings is 1. The predicted octanol–water partition coefficient (Wildman–Crippen LogP) is 3.90. The van der Waals surface area contributed by atoms with Gasteiger partial charge < -0.3 is 24.4 Å². The van der Waals surface area contributed by atoms with Crippen molar-refractivity contribution in [2.75, 3.05) is 24.6 Å². The Morgan fingerprint density at radius 2 is 1.93 bits per heavy atom. The third-order valence-electron chi connectivity index (χ3n) is 4.47. The van der Waals surface area contributed by atoms with Crippen LogP contribution in [0.25, 0.3) is 0 Å². The van der Waals surface area contributed by atoms with Gasteiger partial charge in [0.2, 0.25) is 0 Å². The maximum Gasteiger partial charge on any atom is 0.407 e. The first-order valence-corrected chi connectivity index (χ1v) is 10.2. The van der Waals surface area contributed by atoms with Crippen LogP contribution in [0.3, 0.4) is 0 Å². The van der Waals surface area contributed by atoms with Gasteiger partial charge in [0.05, 0.1) is 6.61 Å². The molecule has 1 atom stereocenters. The summed E-state index contributed by atoms with van der Waals surface area (Å²) in [7, 11) is 0. The second-order valence-corrected chi connectivity index (χ2v) is 8.76. The van der Waals surface area contributed by atoms with Crippen molar-refractivity contribution in [2.45, 2.75) is 71.6 Å². The number of carbonyl (C=O) groups excluding carboxylic acids is 2. The first kappa shape index (κ1) is 22.8. The molecule has 0 unspecified atom stereocenters. The number of alkyl carbamates (subject to hydrolysis) is 1. The van der Waals surface area contributed by atoms with Crippen molar-refractivity contribution < 1.29 is 23.8 Å². The molecule has 29 heavy (non-hydrogen) atoms. The molecular formula is C22H34N2O5. The summed E-state index contributed by atoms with van der Waals surface area (Å²) in [4.78, 5) is 26.4. The average Bonchev–Trinajstić information content (AvgIpc) is 2.60. The van der Waals surface area contributed by atoms with Gasteiger partial charge in [-0.2, -0.15) is 0 Å². The summed E-state index contributed by atoms with van der Waals surface area (Å²) in [5.74, 6) is 0.202. The molecule has 0 bridgehead atoms. The zero-order valence-corrected chi connectivity index (χ0v) is 18.4. The van der Waals surface area contributed by atoms with Crippen LogP contribution in [0.5, 0.6) is 5.75 Å². The van der Waals surface area contributed by atoms with Crippen molar-refractivity contribution in [3.8, 4) is 5.75 Å². The summed E-state index contributed by atoms with van der Waals surface area (Å²) in [6, 6.07) is 7.65. The molecule has 2 rings (SSSR count). The lowest BCUT2D eigenvalue weighted by Gasteiger charge is -2.35. The zero-order valence-electron chi connectivity index (χ0n) is 18.4. The maximum atomic E-state index is 12.1. The Morgan fingerprint density at radius 1 is 1.21 bits per heavy atom. The molecule has 1 aromatic carbocycles. The van der Waals surface area contributed by atoms with E-state index in [1.54, 1.807) is 20.8 Å². The molecule has 1 aliphatic heterocycles. The molecule has 1 heterocycles. The number of carbonyl (C=O) groups is 2. The predicted molar refractivity (Wildman–Crippen MR) is 112 cm³/mol. The largest absolute Gasteiger partial charge is 0.476 e. The Balaban J connectivity index is 2.02. The number of hydrogen-bond acceptors (Lipinski definition) is 6. The van der Waals surface area contributed by atoms with E-state index in [-0.39, 0.29) is 6.04 Å². The molecule has 1 aliphatic rings. The monoisotopic (exact) mass is 406 g/mol. The van der Waals surface area contributed by atoms with Crippen LogP contribution in [0.15, 0.2) is 24.3 Å². The molecule has 7 nitrogen and oxygen atoms in total. The molecule has 1 fully saturated rings. The van der Waals surface area contributed by atoms with Gasteiger partial charge in [0, 0.05) is 30.9 Å². The number of ether oxygens (including phenoxy) is 3. The zero-order chi connectivity index (χ0) is 21.7. The molecule has 7 heteroatoms. The van der Waals surface area contributed by atoms with Crippen molar-refractivity contribution in [1.82, 2.24) is 5.32 Å². The summed E-state index contributed by atoms with van der Waals surface area (Å²) >= 11 is 0. The maximum absolute atomic E-state index is 12.1. The van der Waals surface area contributed by atoms with Gasteiger partial charge in [-0.3, -0.25) is 0 Å². The second-order valence-electron chi connectivity index (χ2n) is 8.76. The molecule has 1 aromatic rings. The highest BCUT2D eigenvalue weighted by Crippen LogP contribution is 2.27. The number of piperidine rings is 1. The van der Waals surface area contributed by atoms with E-state index in [0.717, 1.165) is 25.1 Å². The Bertz CT molecular complexity index is 711. The van der Waals surface area contributed by atoms with Crippen molar-refractivity contribution in [3.05, 3.63) is 24.3 Å². The molecule has 1 N–H and O–H groups in total. The van der Waals surface area contributed by atoms with Gasteiger partial charge in [-0.1, -0.05) is 6.07 Å². The highest BCUT2D eigenvalue weighted by atomic mass is 16.6. The summed E-state index contributed by atoms with van der Waals surface area (Å²) < 4.78 is 16.4. The van der Waals surface area contributed by atoms with E-state index in [1.807, 2.05) is 45.0 Å². The van der Waals surface area contributed by atoms with Gasteiger partial charge in [0.15, 0.2) is 5.60 Å². The average molecular weight is 407 g/mol. The molecule has 0 aliphatic carbocycles. The molecule has 1 saturated heterocycles. The normalized spacial score (nSPS) is 17.4. The van der Waals surface area contributed by atoms with Crippen molar-refractivity contribution >= 4 is 17.7 Å². The lowest BCUT2D eigenvalue weighted by molar-refractivity contribution is -0.158. The van der Waals surface area contributed by atoms with Crippen molar-refractivity contribution in [3.63, 3.8) is 0 Å². The Morgan fingerprint density at radius 3 is 2.59 bits per heavy atom. The molecular weight excluding hydrogens is 372 g/mol. The van der Waals surface area contributed by atoms with Crippen LogP contribution in [-0.4, -0.2) is 49.0 Å². The number of nitrogens with zero attached hydrogens (tertiary/aromatic N) is 1. The Labute approximate surface area is 173 Å². The van der Waals surface area contributed by atoms with E-state index >= 15 is 0 Å². The Hall–Kier alpha value is -2.44. The smallest absolute Gasteiger partial charge is 0.407 e. The van der Waals surface area contributed by atoms with Gasteiger partial charge in [0.25, 0.3) is 0 Å². The minimum absolute atomic E-state index is 0.0131. The lowest BCUT2D eigenvalue weighted by Crippen LogP contribution is -2.49. The van der Waals surface area contributed by atoms with Crippen LogP contribution in [0, 0.1) is 0 Å². The molecule has 162 valence electrons. The fourth-order valence-corrected chi connectivity index (χ4v) is 3.19. The van der Waals surface area contributed by atoms with E-state index in [4.69, 9.17) is 14.2 Å². The van der Waals surface area contributed by atoms with E-state index < -0.39 is 23.3 Å². The lowest BCUT2D eigenvalue weighted by atomic mass is 10.0. The van der Waals surface area contributed by atoms with Crippen LogP contribution in [0.2, 0.25) is 0 Å². The summed E-state index contributed by atoms with van der Waals surface area (Å²) in [6.45, 7) is 12.6. The van der Waals surface area contributed by atoms with Gasteiger partial charge in [0.1, 0.15) is 11.4 Å². The van der Waals surface area contributed by atoms with Crippen molar-refractivity contribution in [1.29, 1.82) is 0 Å². The van der Waals surface area contributed by atoms with Crippen LogP contribution >= 0.6 is 0 Å². The Kier molecular flexibility index (Phi) is 7.38. The van der Waals surface area contributed by atoms with Crippen molar-refractivity contribution in [2.24, 2.45) is 0 Å². The van der Waals surface area contributed by atoms with E-state index in [9.17, 15) is 9.59 Å². The fraction of sp³-hybridized carbons (Fsp3) is 0.636. The van der Waals surface area contributed by atoms with Crippen LogP contribution in [-0.2, 0) is 14.3 Å².